The molecule has 3 aromatic heterocycles. The number of fused-ring (bicyclic) bond motifs is 1. The number of aromatic amines is 1. The van der Waals surface area contributed by atoms with E-state index in [1.54, 1.807) is 17.5 Å². The van der Waals surface area contributed by atoms with Crippen LogP contribution in [0, 0.1) is 0 Å². The minimum absolute atomic E-state index is 0.0178. The average molecular weight is 380 g/mol. The Morgan fingerprint density at radius 3 is 2.81 bits per heavy atom. The van der Waals surface area contributed by atoms with Crippen LogP contribution in [0.2, 0.25) is 0 Å². The van der Waals surface area contributed by atoms with Crippen molar-refractivity contribution in [1.29, 1.82) is 0 Å². The van der Waals surface area contributed by atoms with Crippen LogP contribution in [0.25, 0.3) is 22.2 Å². The lowest BCUT2D eigenvalue weighted by atomic mass is 9.96. The van der Waals surface area contributed by atoms with Crippen LogP contribution in [0.4, 0.5) is 0 Å². The van der Waals surface area contributed by atoms with Crippen molar-refractivity contribution in [3.05, 3.63) is 76.8 Å². The number of aromatic nitrogens is 2. The fourth-order valence-electron chi connectivity index (χ4n) is 2.69. The van der Waals surface area contributed by atoms with E-state index >= 15 is 0 Å². The number of hydrogen-bond donors (Lipinski definition) is 2. The van der Waals surface area contributed by atoms with Gasteiger partial charge in [0.25, 0.3) is 0 Å². The lowest BCUT2D eigenvalue weighted by Gasteiger charge is -2.07. The minimum Gasteiger partial charge on any atom is -0.345 e. The fraction of sp³-hybridized carbons (Fsp3) is 0.0500. The largest absolute Gasteiger partial charge is 0.345 e. The van der Waals surface area contributed by atoms with E-state index in [2.05, 4.69) is 51.9 Å². The molecule has 3 heterocycles. The summed E-state index contributed by atoms with van der Waals surface area (Å²) in [5, 5.41) is 4.97. The zero-order chi connectivity index (χ0) is 18.5. The lowest BCUT2D eigenvalue weighted by Crippen LogP contribution is -2.03. The Labute approximate surface area is 161 Å². The topological polar surface area (TPSA) is 58.1 Å². The van der Waals surface area contributed by atoms with Gasteiger partial charge in [-0.2, -0.15) is 11.3 Å². The van der Waals surface area contributed by atoms with Crippen molar-refractivity contribution in [2.24, 2.45) is 4.40 Å². The predicted octanol–water partition coefficient (Wildman–Crippen LogP) is 5.45. The molecule has 1 aliphatic rings. The third kappa shape index (κ3) is 3.76. The summed E-state index contributed by atoms with van der Waals surface area (Å²) in [4.78, 5) is 20.3. The number of rotatable bonds is 3. The highest BCUT2D eigenvalue weighted by Crippen LogP contribution is 2.28. The van der Waals surface area contributed by atoms with Crippen molar-refractivity contribution >= 4 is 47.7 Å². The smallest absolute Gasteiger partial charge is 0.194 e. The van der Waals surface area contributed by atoms with Crippen LogP contribution in [0.1, 0.15) is 16.8 Å². The van der Waals surface area contributed by atoms with Crippen molar-refractivity contribution in [1.82, 2.24) is 9.97 Å². The molecule has 0 fully saturated rings. The Morgan fingerprint density at radius 2 is 2.15 bits per heavy atom. The van der Waals surface area contributed by atoms with Gasteiger partial charge in [-0.05, 0) is 54.4 Å². The van der Waals surface area contributed by atoms with E-state index in [0.717, 1.165) is 34.2 Å². The molecule has 3 aromatic rings. The van der Waals surface area contributed by atoms with E-state index in [-0.39, 0.29) is 5.78 Å². The minimum atomic E-state index is 0.0178. The third-order valence-electron chi connectivity index (χ3n) is 3.98. The molecule has 4 nitrogen and oxygen atoms in total. The van der Waals surface area contributed by atoms with Gasteiger partial charge in [-0.1, -0.05) is 30.4 Å². The number of Topliss-reactive ketones (excluding diaryl/α,β-unsaturated/α-hetero) is 1. The summed E-state index contributed by atoms with van der Waals surface area (Å²) in [6.07, 6.45) is 9.96. The third-order valence-corrected chi connectivity index (χ3v) is 4.66. The van der Waals surface area contributed by atoms with Gasteiger partial charge in [0, 0.05) is 34.5 Å². The second-order valence-electron chi connectivity index (χ2n) is 5.66. The van der Waals surface area contributed by atoms with Gasteiger partial charge in [0.15, 0.2) is 5.78 Å². The molecule has 1 N–H and O–H groups in total. The first-order valence-corrected chi connectivity index (χ1v) is 9.19. The van der Waals surface area contributed by atoms with Crippen LogP contribution in [-0.4, -0.2) is 22.5 Å². The van der Waals surface area contributed by atoms with Gasteiger partial charge < -0.3 is 4.98 Å². The van der Waals surface area contributed by atoms with Crippen LogP contribution in [0.3, 0.4) is 0 Å². The van der Waals surface area contributed by atoms with Crippen molar-refractivity contribution in [3.63, 3.8) is 0 Å². The number of thiophene rings is 1. The normalized spacial score (nSPS) is 13.1. The molecular formula is C20H17N3OS2. The van der Waals surface area contributed by atoms with E-state index in [1.165, 1.54) is 0 Å². The van der Waals surface area contributed by atoms with Gasteiger partial charge in [-0.25, -0.2) is 9.38 Å². The van der Waals surface area contributed by atoms with Gasteiger partial charge >= 0.3 is 0 Å². The van der Waals surface area contributed by atoms with E-state index < -0.39 is 0 Å². The highest BCUT2D eigenvalue weighted by molar-refractivity contribution is 7.78. The zero-order valence-electron chi connectivity index (χ0n) is 14.0. The fourth-order valence-corrected chi connectivity index (χ4v) is 3.35. The molecule has 0 saturated heterocycles. The summed E-state index contributed by atoms with van der Waals surface area (Å²) >= 11 is 4.95. The molecule has 0 aromatic carbocycles. The maximum absolute atomic E-state index is 12.8. The number of allylic oxidation sites excluding steroid dienone is 5. The lowest BCUT2D eigenvalue weighted by molar-refractivity contribution is 0.103. The zero-order valence-corrected chi connectivity index (χ0v) is 15.7. The van der Waals surface area contributed by atoms with Crippen LogP contribution in [0.5, 0.6) is 0 Å². The molecular weight excluding hydrogens is 362 g/mol. The first kappa shape index (κ1) is 18.1. The maximum atomic E-state index is 12.8. The molecule has 0 radical (unpaired) electrons. The van der Waals surface area contributed by atoms with E-state index in [9.17, 15) is 4.79 Å². The molecule has 26 heavy (non-hydrogen) atoms. The van der Waals surface area contributed by atoms with E-state index in [4.69, 9.17) is 0 Å². The molecule has 0 spiro atoms. The van der Waals surface area contributed by atoms with Gasteiger partial charge in [-0.15, -0.1) is 0 Å². The van der Waals surface area contributed by atoms with Crippen LogP contribution in [0.15, 0.2) is 75.6 Å². The molecule has 0 saturated carbocycles. The number of carbonyl (C=O) groups is 1. The predicted molar refractivity (Wildman–Crippen MR) is 113 cm³/mol. The Morgan fingerprint density at radius 1 is 1.35 bits per heavy atom. The molecule has 4 rings (SSSR count). The van der Waals surface area contributed by atoms with Crippen LogP contribution < -0.4 is 0 Å². The number of nitrogens with zero attached hydrogens (tertiary/aromatic N) is 2. The van der Waals surface area contributed by atoms with Crippen LogP contribution in [-0.2, 0) is 0 Å². The molecule has 0 amide bonds. The monoisotopic (exact) mass is 379 g/mol. The number of nitrogens with one attached hydrogen (secondary N) is 1. The number of H-pyrrole nitrogens is 1. The quantitative estimate of drug-likeness (QED) is 0.361. The molecule has 0 bridgehead atoms. The molecule has 0 unspecified atom stereocenters. The summed E-state index contributed by atoms with van der Waals surface area (Å²) in [6.45, 7) is 6.88. The summed E-state index contributed by atoms with van der Waals surface area (Å²) < 4.78 is 2.94. The number of hydrogen-bond acceptors (Lipinski definition) is 5. The van der Waals surface area contributed by atoms with E-state index in [0.29, 0.717) is 11.1 Å². The van der Waals surface area contributed by atoms with Gasteiger partial charge in [-0.3, -0.25) is 4.79 Å². The van der Waals surface area contributed by atoms with Gasteiger partial charge in [0.1, 0.15) is 5.65 Å². The number of thiol groups is 1. The number of carbonyl (C=O) groups excluding carboxylic acids is 1. The van der Waals surface area contributed by atoms with Crippen molar-refractivity contribution in [3.8, 4) is 11.1 Å². The maximum Gasteiger partial charge on any atom is 0.194 e. The van der Waals surface area contributed by atoms with Gasteiger partial charge in [0.2, 0.25) is 0 Å². The molecule has 0 atom stereocenters. The van der Waals surface area contributed by atoms with Crippen molar-refractivity contribution in [2.45, 2.75) is 6.42 Å². The number of pyridine rings is 1. The summed E-state index contributed by atoms with van der Waals surface area (Å²) in [5.74, 6) is 0.0178. The Kier molecular flexibility index (Phi) is 5.65. The Hall–Kier alpha value is -2.70. The molecule has 130 valence electrons. The first-order chi connectivity index (χ1) is 12.6. The standard InChI is InChI=1S/C19H14N2OS.CH3NS/c1-12-2-4-13(5-3-12)18(22)17-10-21-19-16(17)8-15(9-20-19)14-6-7-23-11-14;1-2-3/h2,4-11H,1,3H2,(H,20,21);3H,1H2. The highest BCUT2D eigenvalue weighted by atomic mass is 32.1. The average Bonchev–Trinajstić information content (AvgIpc) is 3.32. The van der Waals surface area contributed by atoms with Crippen LogP contribution >= 0.6 is 24.2 Å². The SMILES string of the molecule is C=C1C=CC(C(=O)c2c[nH]c3ncc(-c4ccsc4)cc23)=CC1.C=NS. The Balaban J connectivity index is 0.000000613. The molecule has 6 heteroatoms. The van der Waals surface area contributed by atoms with Crippen molar-refractivity contribution in [2.75, 3.05) is 0 Å². The van der Waals surface area contributed by atoms with Gasteiger partial charge in [0.05, 0.1) is 0 Å². The van der Waals surface area contributed by atoms with E-state index in [1.807, 2.05) is 35.9 Å². The molecule has 1 aliphatic carbocycles. The summed E-state index contributed by atoms with van der Waals surface area (Å²) in [5.41, 5.74) is 5.26. The first-order valence-electron chi connectivity index (χ1n) is 7.84. The summed E-state index contributed by atoms with van der Waals surface area (Å²) in [7, 11) is 0. The molecule has 0 aliphatic heterocycles. The number of ketones is 1. The highest BCUT2D eigenvalue weighted by Gasteiger charge is 2.17. The second kappa shape index (κ2) is 8.12. The summed E-state index contributed by atoms with van der Waals surface area (Å²) in [6, 6.07) is 4.08. The second-order valence-corrected chi connectivity index (χ2v) is 6.72. The Bertz CT molecular complexity index is 1030. The van der Waals surface area contributed by atoms with Crippen molar-refractivity contribution < 1.29 is 4.79 Å².